The molecule has 1 aromatic carbocycles. The van der Waals surface area contributed by atoms with Crippen molar-refractivity contribution in [1.82, 2.24) is 9.97 Å². The van der Waals surface area contributed by atoms with Crippen molar-refractivity contribution in [2.24, 2.45) is 0 Å². The van der Waals surface area contributed by atoms with Crippen molar-refractivity contribution in [2.45, 2.75) is 10.8 Å². The number of anilines is 1. The lowest BCUT2D eigenvalue weighted by atomic mass is 10.2. The molecule has 0 aliphatic rings. The molecule has 0 saturated carbocycles. The van der Waals surface area contributed by atoms with E-state index in [0.29, 0.717) is 0 Å². The van der Waals surface area contributed by atoms with Gasteiger partial charge in [0.15, 0.2) is 0 Å². The highest BCUT2D eigenvalue weighted by Crippen LogP contribution is 2.19. The SMILES string of the molecule is Nc1ccc(CSc2cnccn2)cc1. The summed E-state index contributed by atoms with van der Waals surface area (Å²) in [6, 6.07) is 7.87. The Bertz CT molecular complexity index is 414. The van der Waals surface area contributed by atoms with Crippen molar-refractivity contribution in [3.63, 3.8) is 0 Å². The van der Waals surface area contributed by atoms with E-state index in [1.54, 1.807) is 30.4 Å². The van der Waals surface area contributed by atoms with E-state index in [4.69, 9.17) is 5.73 Å². The second-order valence-electron chi connectivity index (χ2n) is 3.07. The molecule has 0 saturated heterocycles. The predicted molar refractivity (Wildman–Crippen MR) is 62.4 cm³/mol. The van der Waals surface area contributed by atoms with Crippen LogP contribution < -0.4 is 5.73 Å². The minimum atomic E-state index is 0.795. The Labute approximate surface area is 92.8 Å². The molecule has 0 unspecified atom stereocenters. The molecule has 2 N–H and O–H groups in total. The third-order valence-electron chi connectivity index (χ3n) is 1.91. The fraction of sp³-hybridized carbons (Fsp3) is 0.0909. The monoisotopic (exact) mass is 217 g/mol. The highest BCUT2D eigenvalue weighted by Gasteiger charge is 1.96. The first-order valence-corrected chi connectivity index (χ1v) is 5.56. The Kier molecular flexibility index (Phi) is 3.19. The van der Waals surface area contributed by atoms with Crippen LogP contribution in [0.5, 0.6) is 0 Å². The van der Waals surface area contributed by atoms with Gasteiger partial charge < -0.3 is 5.73 Å². The molecule has 0 aliphatic heterocycles. The largest absolute Gasteiger partial charge is 0.399 e. The van der Waals surface area contributed by atoms with Crippen molar-refractivity contribution >= 4 is 17.4 Å². The maximum Gasteiger partial charge on any atom is 0.115 e. The van der Waals surface area contributed by atoms with E-state index in [1.807, 2.05) is 24.3 Å². The summed E-state index contributed by atoms with van der Waals surface area (Å²) >= 11 is 1.66. The lowest BCUT2D eigenvalue weighted by Crippen LogP contribution is -1.86. The molecule has 0 amide bonds. The van der Waals surface area contributed by atoms with Crippen LogP contribution in [0.25, 0.3) is 0 Å². The summed E-state index contributed by atoms with van der Waals surface area (Å²) in [7, 11) is 0. The molecule has 4 heteroatoms. The Hall–Kier alpha value is -1.55. The molecule has 1 heterocycles. The zero-order valence-electron chi connectivity index (χ0n) is 8.13. The van der Waals surface area contributed by atoms with Gasteiger partial charge in [-0.1, -0.05) is 12.1 Å². The highest BCUT2D eigenvalue weighted by atomic mass is 32.2. The van der Waals surface area contributed by atoms with Gasteiger partial charge in [-0.15, -0.1) is 11.8 Å². The maximum absolute atomic E-state index is 5.60. The molecule has 0 spiro atoms. The fourth-order valence-electron chi connectivity index (χ4n) is 1.13. The van der Waals surface area contributed by atoms with E-state index < -0.39 is 0 Å². The zero-order chi connectivity index (χ0) is 10.5. The number of benzene rings is 1. The average Bonchev–Trinajstić information content (AvgIpc) is 2.30. The quantitative estimate of drug-likeness (QED) is 0.633. The van der Waals surface area contributed by atoms with Crippen LogP contribution in [-0.4, -0.2) is 9.97 Å². The minimum Gasteiger partial charge on any atom is -0.399 e. The number of aromatic nitrogens is 2. The van der Waals surface area contributed by atoms with E-state index in [9.17, 15) is 0 Å². The second-order valence-corrected chi connectivity index (χ2v) is 4.07. The second kappa shape index (κ2) is 4.79. The van der Waals surface area contributed by atoms with Crippen molar-refractivity contribution < 1.29 is 0 Å². The first kappa shape index (κ1) is 9.98. The van der Waals surface area contributed by atoms with Crippen LogP contribution in [0.4, 0.5) is 5.69 Å². The molecular weight excluding hydrogens is 206 g/mol. The summed E-state index contributed by atoms with van der Waals surface area (Å²) in [6.07, 6.45) is 5.14. The number of hydrogen-bond donors (Lipinski definition) is 1. The van der Waals surface area contributed by atoms with Crippen LogP contribution in [-0.2, 0) is 5.75 Å². The first-order valence-electron chi connectivity index (χ1n) is 4.58. The molecule has 2 rings (SSSR count). The number of thioether (sulfide) groups is 1. The van der Waals surface area contributed by atoms with Crippen LogP contribution in [0.1, 0.15) is 5.56 Å². The lowest BCUT2D eigenvalue weighted by molar-refractivity contribution is 1.05. The molecule has 3 nitrogen and oxygen atoms in total. The smallest absolute Gasteiger partial charge is 0.115 e. The molecule has 0 fully saturated rings. The Morgan fingerprint density at radius 3 is 2.60 bits per heavy atom. The third kappa shape index (κ3) is 2.95. The Morgan fingerprint density at radius 1 is 1.13 bits per heavy atom. The van der Waals surface area contributed by atoms with Crippen LogP contribution in [0.15, 0.2) is 47.9 Å². The van der Waals surface area contributed by atoms with E-state index in [0.717, 1.165) is 16.5 Å². The van der Waals surface area contributed by atoms with Gasteiger partial charge in [0.25, 0.3) is 0 Å². The average molecular weight is 217 g/mol. The van der Waals surface area contributed by atoms with E-state index in [2.05, 4.69) is 9.97 Å². The van der Waals surface area contributed by atoms with Crippen molar-refractivity contribution in [1.29, 1.82) is 0 Å². The molecular formula is C11H11N3S. The van der Waals surface area contributed by atoms with E-state index in [1.165, 1.54) is 5.56 Å². The molecule has 0 atom stereocenters. The molecule has 0 radical (unpaired) electrons. The summed E-state index contributed by atoms with van der Waals surface area (Å²) < 4.78 is 0. The number of nitrogens with zero attached hydrogens (tertiary/aromatic N) is 2. The minimum absolute atomic E-state index is 0.795. The standard InChI is InChI=1S/C11H11N3S/c12-10-3-1-9(2-4-10)8-15-11-7-13-5-6-14-11/h1-7H,8,12H2. The Morgan fingerprint density at radius 2 is 1.93 bits per heavy atom. The van der Waals surface area contributed by atoms with E-state index >= 15 is 0 Å². The van der Waals surface area contributed by atoms with Gasteiger partial charge in [-0.05, 0) is 17.7 Å². The van der Waals surface area contributed by atoms with Crippen LogP contribution in [0, 0.1) is 0 Å². The zero-order valence-corrected chi connectivity index (χ0v) is 8.95. The van der Waals surface area contributed by atoms with Gasteiger partial charge in [0, 0.05) is 23.8 Å². The first-order chi connectivity index (χ1) is 7.34. The van der Waals surface area contributed by atoms with Crippen LogP contribution in [0.2, 0.25) is 0 Å². The predicted octanol–water partition coefficient (Wildman–Crippen LogP) is 2.35. The summed E-state index contributed by atoms with van der Waals surface area (Å²) in [5.74, 6) is 0.888. The van der Waals surface area contributed by atoms with Gasteiger partial charge >= 0.3 is 0 Å². The normalized spacial score (nSPS) is 10.1. The number of rotatable bonds is 3. The van der Waals surface area contributed by atoms with Crippen LogP contribution >= 0.6 is 11.8 Å². The van der Waals surface area contributed by atoms with E-state index in [-0.39, 0.29) is 0 Å². The number of hydrogen-bond acceptors (Lipinski definition) is 4. The summed E-state index contributed by atoms with van der Waals surface area (Å²) in [6.45, 7) is 0. The highest BCUT2D eigenvalue weighted by molar-refractivity contribution is 7.98. The molecule has 1 aromatic heterocycles. The molecule has 76 valence electrons. The van der Waals surface area contributed by atoms with Gasteiger partial charge in [-0.3, -0.25) is 4.98 Å². The van der Waals surface area contributed by atoms with Gasteiger partial charge in [0.05, 0.1) is 6.20 Å². The lowest BCUT2D eigenvalue weighted by Gasteiger charge is -2.00. The van der Waals surface area contributed by atoms with Gasteiger partial charge in [-0.25, -0.2) is 4.98 Å². The van der Waals surface area contributed by atoms with Gasteiger partial charge in [-0.2, -0.15) is 0 Å². The van der Waals surface area contributed by atoms with Crippen molar-refractivity contribution in [2.75, 3.05) is 5.73 Å². The molecule has 2 aromatic rings. The topological polar surface area (TPSA) is 51.8 Å². The summed E-state index contributed by atoms with van der Waals surface area (Å²) in [5.41, 5.74) is 7.64. The summed E-state index contributed by atoms with van der Waals surface area (Å²) in [4.78, 5) is 8.19. The van der Waals surface area contributed by atoms with Crippen molar-refractivity contribution in [3.05, 3.63) is 48.4 Å². The Balaban J connectivity index is 1.96. The number of nitrogens with two attached hydrogens (primary N) is 1. The van der Waals surface area contributed by atoms with Gasteiger partial charge in [0.1, 0.15) is 5.03 Å². The van der Waals surface area contributed by atoms with Gasteiger partial charge in [0.2, 0.25) is 0 Å². The molecule has 0 aliphatic carbocycles. The van der Waals surface area contributed by atoms with Crippen molar-refractivity contribution in [3.8, 4) is 0 Å². The van der Waals surface area contributed by atoms with Crippen LogP contribution in [0.3, 0.4) is 0 Å². The molecule has 0 bridgehead atoms. The summed E-state index contributed by atoms with van der Waals surface area (Å²) in [5, 5.41) is 0.939. The molecule has 15 heavy (non-hydrogen) atoms. The maximum atomic E-state index is 5.60. The number of nitrogen functional groups attached to an aromatic ring is 1. The third-order valence-corrected chi connectivity index (χ3v) is 2.89. The fourth-order valence-corrected chi connectivity index (χ4v) is 1.91.